The van der Waals surface area contributed by atoms with Crippen molar-refractivity contribution in [1.29, 1.82) is 0 Å². The lowest BCUT2D eigenvalue weighted by atomic mass is 9.99. The summed E-state index contributed by atoms with van der Waals surface area (Å²) in [4.78, 5) is 4.89. The van der Waals surface area contributed by atoms with E-state index in [1.807, 2.05) is 0 Å². The highest BCUT2D eigenvalue weighted by molar-refractivity contribution is 6.15. The molecule has 4 heteroatoms. The van der Waals surface area contributed by atoms with E-state index >= 15 is 0 Å². The van der Waals surface area contributed by atoms with E-state index in [2.05, 4.69) is 383 Å². The number of anilines is 6. The van der Waals surface area contributed by atoms with Gasteiger partial charge in [0.25, 0.3) is 0 Å². The van der Waals surface area contributed by atoms with Crippen molar-refractivity contribution in [2.45, 2.75) is 0 Å². The Kier molecular flexibility index (Phi) is 13.2. The molecule has 0 bridgehead atoms. The summed E-state index contributed by atoms with van der Waals surface area (Å²) >= 11 is 0. The first kappa shape index (κ1) is 54.4. The Morgan fingerprint density at radius 1 is 0.170 bits per heavy atom. The second-order valence-electron chi connectivity index (χ2n) is 24.4. The molecule has 16 aromatic carbocycles. The molecule has 2 aromatic heterocycles. The summed E-state index contributed by atoms with van der Waals surface area (Å²) < 4.78 is 4.94. The van der Waals surface area contributed by atoms with Gasteiger partial charge in [0.15, 0.2) is 0 Å². The van der Waals surface area contributed by atoms with Crippen LogP contribution in [-0.2, 0) is 0 Å². The molecule has 0 unspecified atom stereocenters. The van der Waals surface area contributed by atoms with Crippen LogP contribution in [0.4, 0.5) is 34.1 Å². The predicted molar refractivity (Wildman–Crippen MR) is 399 cm³/mol. The van der Waals surface area contributed by atoms with Crippen LogP contribution < -0.4 is 9.80 Å². The zero-order valence-corrected chi connectivity index (χ0v) is 51.4. The molecular formula is C90H60N4. The number of rotatable bonds is 12. The summed E-state index contributed by atoms with van der Waals surface area (Å²) in [5, 5.41) is 11.9. The Morgan fingerprint density at radius 2 is 0.479 bits per heavy atom. The Bertz CT molecular complexity index is 5890. The van der Waals surface area contributed by atoms with Crippen molar-refractivity contribution in [3.63, 3.8) is 0 Å². The lowest BCUT2D eigenvalue weighted by Gasteiger charge is -2.30. The van der Waals surface area contributed by atoms with E-state index in [1.54, 1.807) is 0 Å². The van der Waals surface area contributed by atoms with Crippen LogP contribution in [0.1, 0.15) is 0 Å². The van der Waals surface area contributed by atoms with Gasteiger partial charge in [-0.25, -0.2) is 0 Å². The monoisotopic (exact) mass is 1200 g/mol. The third-order valence-electron chi connectivity index (χ3n) is 19.0. The van der Waals surface area contributed by atoms with Crippen molar-refractivity contribution in [2.75, 3.05) is 9.80 Å². The molecule has 0 fully saturated rings. The molecule has 18 rings (SSSR count). The number of benzene rings is 16. The van der Waals surface area contributed by atoms with E-state index in [4.69, 9.17) is 0 Å². The van der Waals surface area contributed by atoms with Crippen LogP contribution in [0.2, 0.25) is 0 Å². The third-order valence-corrected chi connectivity index (χ3v) is 19.0. The maximum atomic E-state index is 2.47. The number of nitrogens with zero attached hydrogens (tertiary/aromatic N) is 4. The van der Waals surface area contributed by atoms with Gasteiger partial charge in [0.2, 0.25) is 0 Å². The first-order valence-corrected chi connectivity index (χ1v) is 32.3. The summed E-state index contributed by atoms with van der Waals surface area (Å²) in [7, 11) is 0. The van der Waals surface area contributed by atoms with Crippen LogP contribution in [0.5, 0.6) is 0 Å². The van der Waals surface area contributed by atoms with Crippen LogP contribution in [0.25, 0.3) is 132 Å². The van der Waals surface area contributed by atoms with E-state index < -0.39 is 0 Å². The third kappa shape index (κ3) is 9.38. The fourth-order valence-electron chi connectivity index (χ4n) is 14.6. The number of para-hydroxylation sites is 1. The van der Waals surface area contributed by atoms with Crippen molar-refractivity contribution >= 4 is 110 Å². The fourth-order valence-corrected chi connectivity index (χ4v) is 14.6. The first-order chi connectivity index (χ1) is 46.6. The average Bonchev–Trinajstić information content (AvgIpc) is 1.58. The van der Waals surface area contributed by atoms with Gasteiger partial charge in [-0.3, -0.25) is 0 Å². The Hall–Kier alpha value is -12.5. The number of hydrogen-bond acceptors (Lipinski definition) is 2. The lowest BCUT2D eigenvalue weighted by molar-refractivity contribution is 1.19. The molecule has 0 spiro atoms. The Labute approximate surface area is 545 Å². The first-order valence-electron chi connectivity index (χ1n) is 32.3. The molecule has 18 aromatic rings. The molecule has 0 aliphatic carbocycles. The van der Waals surface area contributed by atoms with Gasteiger partial charge in [0, 0.05) is 66.1 Å². The van der Waals surface area contributed by atoms with E-state index in [0.717, 1.165) is 73.0 Å². The van der Waals surface area contributed by atoms with Gasteiger partial charge in [0.1, 0.15) is 0 Å². The maximum Gasteiger partial charge on any atom is 0.0542 e. The van der Waals surface area contributed by atoms with Gasteiger partial charge in [-0.05, 0) is 170 Å². The maximum absolute atomic E-state index is 2.47. The highest BCUT2D eigenvalue weighted by Crippen LogP contribution is 2.47. The molecule has 0 aliphatic rings. The van der Waals surface area contributed by atoms with Crippen LogP contribution in [0.15, 0.2) is 364 Å². The zero-order chi connectivity index (χ0) is 62.1. The Morgan fingerprint density at radius 3 is 0.968 bits per heavy atom. The molecule has 0 atom stereocenters. The molecular weight excluding hydrogens is 1140 g/mol. The molecule has 0 saturated heterocycles. The SMILES string of the molecule is c1ccc(-c2ccc(-c3ccc4c(c3)c3cc(N(c5ccccc5)c5cccc(N(c6ccc7c(c6)c6cc(-c8ccc(-c9ccccc9)cc8)ccc6n7-c6cccc7ccccc67)c6cccc7ccccc67)c5)ccc3n4-c3cccc4ccccc34)cc2)cc1. The summed E-state index contributed by atoms with van der Waals surface area (Å²) in [5.41, 5.74) is 22.7. The molecule has 94 heavy (non-hydrogen) atoms. The minimum atomic E-state index is 1.03. The van der Waals surface area contributed by atoms with Crippen LogP contribution in [0, 0.1) is 0 Å². The predicted octanol–water partition coefficient (Wildman–Crippen LogP) is 24.9. The van der Waals surface area contributed by atoms with Crippen molar-refractivity contribution in [3.8, 4) is 55.9 Å². The highest BCUT2D eigenvalue weighted by Gasteiger charge is 2.24. The normalized spacial score (nSPS) is 11.6. The smallest absolute Gasteiger partial charge is 0.0542 e. The van der Waals surface area contributed by atoms with Crippen molar-refractivity contribution in [3.05, 3.63) is 364 Å². The van der Waals surface area contributed by atoms with Gasteiger partial charge in [-0.2, -0.15) is 0 Å². The van der Waals surface area contributed by atoms with Crippen molar-refractivity contribution < 1.29 is 0 Å². The van der Waals surface area contributed by atoms with Gasteiger partial charge in [0.05, 0.1) is 39.1 Å². The van der Waals surface area contributed by atoms with E-state index in [-0.39, 0.29) is 0 Å². The lowest BCUT2D eigenvalue weighted by Crippen LogP contribution is -2.13. The molecule has 0 aliphatic heterocycles. The van der Waals surface area contributed by atoms with E-state index in [9.17, 15) is 0 Å². The summed E-state index contributed by atoms with van der Waals surface area (Å²) in [5.74, 6) is 0. The molecule has 4 nitrogen and oxygen atoms in total. The average molecular weight is 1200 g/mol. The second-order valence-corrected chi connectivity index (χ2v) is 24.4. The van der Waals surface area contributed by atoms with Crippen molar-refractivity contribution in [1.82, 2.24) is 9.13 Å². The molecule has 0 saturated carbocycles. The molecule has 0 radical (unpaired) electrons. The zero-order valence-electron chi connectivity index (χ0n) is 51.4. The van der Waals surface area contributed by atoms with E-state index in [0.29, 0.717) is 0 Å². The van der Waals surface area contributed by atoms with Gasteiger partial charge >= 0.3 is 0 Å². The number of aromatic nitrogens is 2. The number of hydrogen-bond donors (Lipinski definition) is 0. The standard InChI is InChI=1S/C90H60N4/c1-4-20-61(21-5-1)63-40-44-65(45-41-63)70-48-52-87-80(56-70)82-59-75(50-54-89(82)93(87)85-38-17-28-68-25-11-14-35-78(68)85)91(72-30-8-3-9-31-72)73-32-19-33-74(58-73)92(84-37-16-27-67-24-10-13-34-77(67)84)76-51-55-90-83(60-76)81-57-71(66-46-42-64(43-47-66)62-22-6-2-7-23-62)49-53-88(81)94(90)86-39-18-29-69-26-12-15-36-79(69)86/h1-60H. The van der Waals surface area contributed by atoms with Crippen LogP contribution in [-0.4, -0.2) is 9.13 Å². The number of fused-ring (bicyclic) bond motifs is 9. The Balaban J connectivity index is 0.822. The van der Waals surface area contributed by atoms with Gasteiger partial charge in [-0.15, -0.1) is 0 Å². The molecule has 0 N–H and O–H groups in total. The van der Waals surface area contributed by atoms with Crippen molar-refractivity contribution in [2.24, 2.45) is 0 Å². The van der Waals surface area contributed by atoms with Gasteiger partial charge in [-0.1, -0.05) is 255 Å². The second kappa shape index (κ2) is 22.8. The minimum absolute atomic E-state index is 1.03. The largest absolute Gasteiger partial charge is 0.310 e. The van der Waals surface area contributed by atoms with Crippen LogP contribution >= 0.6 is 0 Å². The van der Waals surface area contributed by atoms with E-state index in [1.165, 1.54) is 93.0 Å². The quantitative estimate of drug-likeness (QED) is 0.121. The summed E-state index contributed by atoms with van der Waals surface area (Å²) in [6.07, 6.45) is 0. The minimum Gasteiger partial charge on any atom is -0.310 e. The summed E-state index contributed by atoms with van der Waals surface area (Å²) in [6.45, 7) is 0. The molecule has 2 heterocycles. The topological polar surface area (TPSA) is 16.3 Å². The molecule has 0 amide bonds. The fraction of sp³-hybridized carbons (Fsp3) is 0. The van der Waals surface area contributed by atoms with Gasteiger partial charge < -0.3 is 18.9 Å². The van der Waals surface area contributed by atoms with Crippen LogP contribution in [0.3, 0.4) is 0 Å². The highest BCUT2D eigenvalue weighted by atomic mass is 15.2. The summed E-state index contributed by atoms with van der Waals surface area (Å²) in [6, 6.07) is 134. The molecule has 440 valence electrons.